The Morgan fingerprint density at radius 3 is 2.58 bits per heavy atom. The predicted molar refractivity (Wildman–Crippen MR) is 77.4 cm³/mol. The van der Waals surface area contributed by atoms with Crippen molar-refractivity contribution in [1.82, 2.24) is 4.57 Å². The van der Waals surface area contributed by atoms with Crippen LogP contribution in [0, 0.1) is 10.8 Å². The zero-order valence-corrected chi connectivity index (χ0v) is 12.5. The first kappa shape index (κ1) is 13.0. The first-order valence-corrected chi connectivity index (χ1v) is 7.66. The van der Waals surface area contributed by atoms with Crippen LogP contribution in [-0.2, 0) is 13.0 Å². The number of carbonyl (C=O) groups excluding carboxylic acids is 1. The lowest BCUT2D eigenvalue weighted by molar-refractivity contribution is 0.0883. The third-order valence-corrected chi connectivity index (χ3v) is 5.33. The van der Waals surface area contributed by atoms with Gasteiger partial charge in [-0.25, -0.2) is 0 Å². The topological polar surface area (TPSA) is 22.0 Å². The number of carbonyl (C=O) groups is 1. The Morgan fingerprint density at radius 1 is 1.26 bits per heavy atom. The van der Waals surface area contributed by atoms with Crippen LogP contribution >= 0.6 is 0 Å². The maximum absolute atomic E-state index is 12.2. The van der Waals surface area contributed by atoms with Crippen molar-refractivity contribution in [2.24, 2.45) is 10.8 Å². The quantitative estimate of drug-likeness (QED) is 0.796. The molecule has 0 N–H and O–H groups in total. The summed E-state index contributed by atoms with van der Waals surface area (Å²) in [6.07, 6.45) is 9.24. The van der Waals surface area contributed by atoms with Crippen LogP contribution in [0.2, 0.25) is 0 Å². The Morgan fingerprint density at radius 2 is 2.00 bits per heavy atom. The summed E-state index contributed by atoms with van der Waals surface area (Å²) in [5, 5.41) is 0. The summed E-state index contributed by atoms with van der Waals surface area (Å²) in [6.45, 7) is 7.85. The van der Waals surface area contributed by atoms with Gasteiger partial charge in [0.25, 0.3) is 0 Å². The normalized spacial score (nSPS) is 23.8. The van der Waals surface area contributed by atoms with Crippen molar-refractivity contribution in [3.63, 3.8) is 0 Å². The Bertz CT molecular complexity index is 500. The van der Waals surface area contributed by atoms with Crippen molar-refractivity contribution in [3.05, 3.63) is 23.5 Å². The molecule has 2 heteroatoms. The van der Waals surface area contributed by atoms with Crippen LogP contribution in [0.15, 0.2) is 12.3 Å². The van der Waals surface area contributed by atoms with E-state index in [1.807, 2.05) is 0 Å². The molecule has 19 heavy (non-hydrogen) atoms. The van der Waals surface area contributed by atoms with Crippen molar-refractivity contribution >= 4 is 5.78 Å². The van der Waals surface area contributed by atoms with Crippen molar-refractivity contribution in [2.45, 2.75) is 65.8 Å². The molecule has 1 heterocycles. The first-order valence-electron chi connectivity index (χ1n) is 7.66. The van der Waals surface area contributed by atoms with Crippen molar-refractivity contribution < 1.29 is 4.79 Å². The Hall–Kier alpha value is -1.05. The van der Waals surface area contributed by atoms with Crippen molar-refractivity contribution in [2.75, 3.05) is 0 Å². The van der Waals surface area contributed by atoms with Gasteiger partial charge in [-0.05, 0) is 42.6 Å². The van der Waals surface area contributed by atoms with Gasteiger partial charge >= 0.3 is 0 Å². The lowest BCUT2D eigenvalue weighted by Crippen LogP contribution is -2.35. The fourth-order valence-electron chi connectivity index (χ4n) is 3.81. The van der Waals surface area contributed by atoms with Crippen LogP contribution in [0.5, 0.6) is 0 Å². The molecule has 1 aromatic heterocycles. The number of ketones is 1. The zero-order valence-electron chi connectivity index (χ0n) is 12.5. The molecule has 0 unspecified atom stereocenters. The second-order valence-electron chi connectivity index (χ2n) is 7.45. The number of Topliss-reactive ketones (excluding diaryl/α,β-unsaturated/α-hetero) is 1. The second-order valence-corrected chi connectivity index (χ2v) is 7.45. The highest BCUT2D eigenvalue weighted by Gasteiger charge is 2.38. The average Bonchev–Trinajstić information content (AvgIpc) is 2.65. The molecule has 0 bridgehead atoms. The predicted octanol–water partition coefficient (Wildman–Crippen LogP) is 4.22. The Kier molecular flexibility index (Phi) is 2.88. The van der Waals surface area contributed by atoms with Gasteiger partial charge in [0, 0.05) is 30.4 Å². The summed E-state index contributed by atoms with van der Waals surface area (Å²) in [5.41, 5.74) is 2.92. The fourth-order valence-corrected chi connectivity index (χ4v) is 3.81. The van der Waals surface area contributed by atoms with Crippen molar-refractivity contribution in [3.8, 4) is 0 Å². The van der Waals surface area contributed by atoms with Crippen molar-refractivity contribution in [1.29, 1.82) is 0 Å². The van der Waals surface area contributed by atoms with Crippen LogP contribution in [-0.4, -0.2) is 10.4 Å². The molecular weight excluding hydrogens is 234 g/mol. The minimum absolute atomic E-state index is 0.124. The number of fused-ring (bicyclic) bond motifs is 1. The summed E-state index contributed by atoms with van der Waals surface area (Å²) in [6, 6.07) is 2.05. The molecule has 0 radical (unpaired) electrons. The smallest absolute Gasteiger partial charge is 0.165 e. The number of hydrogen-bond acceptors (Lipinski definition) is 1. The molecule has 1 saturated carbocycles. The highest BCUT2D eigenvalue weighted by Crippen LogP contribution is 2.46. The molecular formula is C17H25NO. The van der Waals surface area contributed by atoms with E-state index in [0.29, 0.717) is 17.6 Å². The fraction of sp³-hybridized carbons (Fsp3) is 0.706. The molecule has 0 aromatic carbocycles. The molecule has 2 aliphatic carbocycles. The third-order valence-electron chi connectivity index (χ3n) is 5.33. The lowest BCUT2D eigenvalue weighted by atomic mass is 9.67. The zero-order chi connectivity index (χ0) is 13.7. The number of aromatic nitrogens is 1. The average molecular weight is 259 g/mol. The molecule has 0 saturated heterocycles. The number of hydrogen-bond donors (Lipinski definition) is 0. The maximum atomic E-state index is 12.2. The van der Waals surface area contributed by atoms with Gasteiger partial charge < -0.3 is 4.57 Å². The van der Waals surface area contributed by atoms with Crippen LogP contribution in [0.4, 0.5) is 0 Å². The summed E-state index contributed by atoms with van der Waals surface area (Å²) in [4.78, 5) is 12.2. The Balaban J connectivity index is 1.91. The van der Waals surface area contributed by atoms with E-state index < -0.39 is 0 Å². The van der Waals surface area contributed by atoms with Gasteiger partial charge in [-0.2, -0.15) is 0 Å². The van der Waals surface area contributed by atoms with Crippen LogP contribution in [0.3, 0.4) is 0 Å². The molecule has 0 spiro atoms. The van der Waals surface area contributed by atoms with Crippen LogP contribution < -0.4 is 0 Å². The molecule has 1 fully saturated rings. The molecule has 2 nitrogen and oxygen atoms in total. The van der Waals surface area contributed by atoms with E-state index in [1.54, 1.807) is 0 Å². The molecule has 104 valence electrons. The van der Waals surface area contributed by atoms with E-state index in [9.17, 15) is 4.79 Å². The molecule has 0 amide bonds. The highest BCUT2D eigenvalue weighted by atomic mass is 16.1. The van der Waals surface area contributed by atoms with E-state index in [0.717, 1.165) is 18.5 Å². The van der Waals surface area contributed by atoms with Gasteiger partial charge in [0.05, 0.1) is 0 Å². The largest absolute Gasteiger partial charge is 0.350 e. The minimum atomic E-state index is 0.124. The van der Waals surface area contributed by atoms with Gasteiger partial charge in [0.15, 0.2) is 5.78 Å². The second kappa shape index (κ2) is 4.22. The summed E-state index contributed by atoms with van der Waals surface area (Å²) in [5.74, 6) is 0.337. The van der Waals surface area contributed by atoms with Gasteiger partial charge in [-0.15, -0.1) is 0 Å². The summed E-state index contributed by atoms with van der Waals surface area (Å²) >= 11 is 0. The first-order chi connectivity index (χ1) is 8.95. The van der Waals surface area contributed by atoms with Crippen LogP contribution in [0.25, 0.3) is 0 Å². The van der Waals surface area contributed by atoms with E-state index in [4.69, 9.17) is 0 Å². The van der Waals surface area contributed by atoms with Gasteiger partial charge in [0.2, 0.25) is 0 Å². The number of rotatable bonds is 3. The van der Waals surface area contributed by atoms with Gasteiger partial charge in [-0.3, -0.25) is 4.79 Å². The van der Waals surface area contributed by atoms with Crippen LogP contribution in [0.1, 0.15) is 68.9 Å². The standard InChI is InChI=1S/C17H25NO/c1-4-17(7-5-8-17)12-18-9-6-13-14(18)10-16(2,3)11-15(13)19/h6,9H,4-5,7-8,10-12H2,1-3H3. The minimum Gasteiger partial charge on any atom is -0.350 e. The van der Waals surface area contributed by atoms with E-state index >= 15 is 0 Å². The molecule has 3 rings (SSSR count). The van der Waals surface area contributed by atoms with E-state index in [1.165, 1.54) is 31.4 Å². The summed E-state index contributed by atoms with van der Waals surface area (Å²) < 4.78 is 2.39. The van der Waals surface area contributed by atoms with E-state index in [2.05, 4.69) is 37.6 Å². The third kappa shape index (κ3) is 2.15. The number of nitrogens with zero attached hydrogens (tertiary/aromatic N) is 1. The van der Waals surface area contributed by atoms with Gasteiger partial charge in [-0.1, -0.05) is 27.2 Å². The maximum Gasteiger partial charge on any atom is 0.165 e. The SMILES string of the molecule is CCC1(Cn2ccc3c2CC(C)(C)CC3=O)CCC1. The molecule has 0 atom stereocenters. The van der Waals surface area contributed by atoms with E-state index in [-0.39, 0.29) is 5.41 Å². The lowest BCUT2D eigenvalue weighted by Gasteiger charge is -2.42. The molecule has 1 aromatic rings. The monoisotopic (exact) mass is 259 g/mol. The molecule has 2 aliphatic rings. The highest BCUT2D eigenvalue weighted by molar-refractivity contribution is 5.98. The molecule has 0 aliphatic heterocycles. The van der Waals surface area contributed by atoms with Gasteiger partial charge in [0.1, 0.15) is 0 Å². The summed E-state index contributed by atoms with van der Waals surface area (Å²) in [7, 11) is 0. The Labute approximate surface area is 116 Å².